The summed E-state index contributed by atoms with van der Waals surface area (Å²) in [6.45, 7) is 2.19. The van der Waals surface area contributed by atoms with E-state index < -0.39 is 22.0 Å². The number of amides is 3. The van der Waals surface area contributed by atoms with Crippen molar-refractivity contribution in [3.8, 4) is 0 Å². The van der Waals surface area contributed by atoms with E-state index >= 15 is 0 Å². The highest BCUT2D eigenvalue weighted by molar-refractivity contribution is 7.90. The minimum atomic E-state index is -3.98. The number of hydrogen-bond donors (Lipinski definition) is 4. The standard InChI is InChI=1S/C13H18N4O4S/c18-12(8-10-9-14-6-7-15-10)16-13(19)17-22(20,21)11-4-2-1-3-5-11/h1-5,10,14-15H,6-9H2,(H2,16,17,18,19). The fourth-order valence-electron chi connectivity index (χ4n) is 2.07. The molecule has 0 bridgehead atoms. The molecule has 0 saturated carbocycles. The van der Waals surface area contributed by atoms with Crippen LogP contribution < -0.4 is 20.7 Å². The number of piperazine rings is 1. The summed E-state index contributed by atoms with van der Waals surface area (Å²) in [5.74, 6) is -0.540. The molecule has 0 spiro atoms. The number of imide groups is 1. The number of nitrogens with one attached hydrogen (secondary N) is 4. The lowest BCUT2D eigenvalue weighted by Crippen LogP contribution is -2.51. The molecule has 1 aliphatic rings. The van der Waals surface area contributed by atoms with E-state index in [4.69, 9.17) is 0 Å². The average Bonchev–Trinajstić information content (AvgIpc) is 2.48. The third-order valence-electron chi connectivity index (χ3n) is 3.09. The maximum Gasteiger partial charge on any atom is 0.335 e. The summed E-state index contributed by atoms with van der Waals surface area (Å²) >= 11 is 0. The zero-order valence-electron chi connectivity index (χ0n) is 11.8. The van der Waals surface area contributed by atoms with Crippen LogP contribution in [0.15, 0.2) is 35.2 Å². The maximum atomic E-state index is 11.9. The predicted molar refractivity (Wildman–Crippen MR) is 79.6 cm³/mol. The Kier molecular flexibility index (Phi) is 5.47. The number of sulfonamides is 1. The zero-order valence-corrected chi connectivity index (χ0v) is 12.7. The number of carbonyl (C=O) groups is 2. The van der Waals surface area contributed by atoms with Crippen LogP contribution in [0.1, 0.15) is 6.42 Å². The lowest BCUT2D eigenvalue weighted by atomic mass is 10.1. The monoisotopic (exact) mass is 326 g/mol. The Hall–Kier alpha value is -1.97. The van der Waals surface area contributed by atoms with Crippen LogP contribution in [0.2, 0.25) is 0 Å². The van der Waals surface area contributed by atoms with Gasteiger partial charge in [-0.1, -0.05) is 18.2 Å². The van der Waals surface area contributed by atoms with Crippen molar-refractivity contribution >= 4 is 22.0 Å². The van der Waals surface area contributed by atoms with Crippen LogP contribution in [0.4, 0.5) is 4.79 Å². The van der Waals surface area contributed by atoms with Crippen LogP contribution in [0.25, 0.3) is 0 Å². The summed E-state index contributed by atoms with van der Waals surface area (Å²) in [6.07, 6.45) is 0.0891. The molecule has 1 aliphatic heterocycles. The first-order valence-electron chi connectivity index (χ1n) is 6.83. The normalized spacial score (nSPS) is 18.5. The molecule has 3 amide bonds. The van der Waals surface area contributed by atoms with Crippen molar-refractivity contribution in [3.63, 3.8) is 0 Å². The van der Waals surface area contributed by atoms with Gasteiger partial charge in [-0.15, -0.1) is 0 Å². The number of benzene rings is 1. The van der Waals surface area contributed by atoms with Gasteiger partial charge in [0.25, 0.3) is 10.0 Å². The third-order valence-corrected chi connectivity index (χ3v) is 4.44. The van der Waals surface area contributed by atoms with Crippen molar-refractivity contribution in [2.45, 2.75) is 17.4 Å². The summed E-state index contributed by atoms with van der Waals surface area (Å²) in [6, 6.07) is 6.32. The van der Waals surface area contributed by atoms with Crippen molar-refractivity contribution in [1.29, 1.82) is 0 Å². The molecular formula is C13H18N4O4S. The van der Waals surface area contributed by atoms with E-state index in [1.807, 2.05) is 5.32 Å². The van der Waals surface area contributed by atoms with Gasteiger partial charge >= 0.3 is 6.03 Å². The van der Waals surface area contributed by atoms with Gasteiger partial charge in [-0.05, 0) is 12.1 Å². The van der Waals surface area contributed by atoms with Crippen LogP contribution >= 0.6 is 0 Å². The van der Waals surface area contributed by atoms with Crippen molar-refractivity contribution < 1.29 is 18.0 Å². The number of urea groups is 1. The Morgan fingerprint density at radius 3 is 2.55 bits per heavy atom. The minimum absolute atomic E-state index is 0.0456. The highest BCUT2D eigenvalue weighted by Crippen LogP contribution is 2.06. The Bertz CT molecular complexity index is 627. The Labute approximate surface area is 128 Å². The van der Waals surface area contributed by atoms with Gasteiger partial charge in [0.15, 0.2) is 0 Å². The second-order valence-electron chi connectivity index (χ2n) is 4.86. The summed E-state index contributed by atoms with van der Waals surface area (Å²) < 4.78 is 25.6. The smallest absolute Gasteiger partial charge is 0.314 e. The minimum Gasteiger partial charge on any atom is -0.314 e. The molecule has 0 radical (unpaired) electrons. The highest BCUT2D eigenvalue weighted by atomic mass is 32.2. The predicted octanol–water partition coefficient (Wildman–Crippen LogP) is -0.847. The molecule has 1 fully saturated rings. The third kappa shape index (κ3) is 4.79. The van der Waals surface area contributed by atoms with Gasteiger partial charge in [-0.25, -0.2) is 17.9 Å². The molecule has 1 unspecified atom stereocenters. The molecule has 0 aliphatic carbocycles. The molecule has 1 atom stereocenters. The summed E-state index contributed by atoms with van der Waals surface area (Å²) in [7, 11) is -3.98. The molecule has 2 rings (SSSR count). The van der Waals surface area contributed by atoms with Gasteiger partial charge in [-0.3, -0.25) is 10.1 Å². The van der Waals surface area contributed by atoms with E-state index in [-0.39, 0.29) is 17.4 Å². The second-order valence-corrected chi connectivity index (χ2v) is 6.54. The first-order chi connectivity index (χ1) is 10.5. The van der Waals surface area contributed by atoms with Gasteiger partial charge in [-0.2, -0.15) is 0 Å². The van der Waals surface area contributed by atoms with E-state index in [9.17, 15) is 18.0 Å². The molecule has 120 valence electrons. The summed E-state index contributed by atoms with van der Waals surface area (Å²) in [5, 5.41) is 8.26. The van der Waals surface area contributed by atoms with Crippen molar-refractivity contribution in [2.24, 2.45) is 0 Å². The first-order valence-corrected chi connectivity index (χ1v) is 8.31. The lowest BCUT2D eigenvalue weighted by molar-refractivity contribution is -0.120. The molecule has 8 nitrogen and oxygen atoms in total. The van der Waals surface area contributed by atoms with E-state index in [2.05, 4.69) is 10.6 Å². The zero-order chi connectivity index (χ0) is 16.0. The molecule has 22 heavy (non-hydrogen) atoms. The van der Waals surface area contributed by atoms with Crippen LogP contribution in [-0.4, -0.2) is 46.0 Å². The number of carbonyl (C=O) groups excluding carboxylic acids is 2. The Morgan fingerprint density at radius 2 is 1.91 bits per heavy atom. The first kappa shape index (κ1) is 16.4. The molecule has 4 N–H and O–H groups in total. The van der Waals surface area contributed by atoms with Crippen LogP contribution in [0, 0.1) is 0 Å². The van der Waals surface area contributed by atoms with Gasteiger partial charge in [0.05, 0.1) is 4.90 Å². The molecule has 1 aromatic carbocycles. The fourth-order valence-corrected chi connectivity index (χ4v) is 2.99. The van der Waals surface area contributed by atoms with Crippen LogP contribution in [0.3, 0.4) is 0 Å². The Morgan fingerprint density at radius 1 is 1.18 bits per heavy atom. The van der Waals surface area contributed by atoms with Crippen molar-refractivity contribution in [3.05, 3.63) is 30.3 Å². The SMILES string of the molecule is O=C(CC1CNCCN1)NC(=O)NS(=O)(=O)c1ccccc1. The number of rotatable bonds is 4. The average molecular weight is 326 g/mol. The number of hydrogen-bond acceptors (Lipinski definition) is 6. The van der Waals surface area contributed by atoms with Crippen molar-refractivity contribution in [1.82, 2.24) is 20.7 Å². The van der Waals surface area contributed by atoms with E-state index in [1.165, 1.54) is 12.1 Å². The molecule has 1 aromatic rings. The summed E-state index contributed by atoms with van der Waals surface area (Å²) in [4.78, 5) is 23.3. The van der Waals surface area contributed by atoms with Gasteiger partial charge < -0.3 is 10.6 Å². The van der Waals surface area contributed by atoms with E-state index in [1.54, 1.807) is 22.9 Å². The molecular weight excluding hydrogens is 308 g/mol. The van der Waals surface area contributed by atoms with Gasteiger partial charge in [0.1, 0.15) is 0 Å². The fraction of sp³-hybridized carbons (Fsp3) is 0.385. The molecule has 1 heterocycles. The quantitative estimate of drug-likeness (QED) is 0.573. The Balaban J connectivity index is 1.85. The highest BCUT2D eigenvalue weighted by Gasteiger charge is 2.21. The van der Waals surface area contributed by atoms with Crippen LogP contribution in [-0.2, 0) is 14.8 Å². The van der Waals surface area contributed by atoms with Gasteiger partial charge in [0.2, 0.25) is 5.91 Å². The lowest BCUT2D eigenvalue weighted by Gasteiger charge is -2.23. The van der Waals surface area contributed by atoms with E-state index in [0.29, 0.717) is 6.54 Å². The van der Waals surface area contributed by atoms with Crippen LogP contribution in [0.5, 0.6) is 0 Å². The molecule has 9 heteroatoms. The van der Waals surface area contributed by atoms with Gasteiger partial charge in [0, 0.05) is 32.1 Å². The summed E-state index contributed by atoms with van der Waals surface area (Å²) in [5.41, 5.74) is 0. The molecule has 1 saturated heterocycles. The maximum absolute atomic E-state index is 11.9. The van der Waals surface area contributed by atoms with E-state index in [0.717, 1.165) is 13.1 Å². The second kappa shape index (κ2) is 7.34. The molecule has 0 aromatic heterocycles. The van der Waals surface area contributed by atoms with Crippen molar-refractivity contribution in [2.75, 3.05) is 19.6 Å². The largest absolute Gasteiger partial charge is 0.335 e. The topological polar surface area (TPSA) is 116 Å².